The van der Waals surface area contributed by atoms with E-state index in [2.05, 4.69) is 27.3 Å². The van der Waals surface area contributed by atoms with Gasteiger partial charge in [-0.15, -0.1) is 5.10 Å². The molecule has 31 heavy (non-hydrogen) atoms. The summed E-state index contributed by atoms with van der Waals surface area (Å²) in [6, 6.07) is 11.7. The van der Waals surface area contributed by atoms with Crippen molar-refractivity contribution in [3.05, 3.63) is 48.2 Å². The van der Waals surface area contributed by atoms with Gasteiger partial charge in [-0.1, -0.05) is 25.5 Å². The number of likely N-dealkylation sites (tertiary alicyclic amines) is 1. The molecule has 164 valence electrons. The number of carbonyl (C=O) groups is 2. The Hall–Kier alpha value is -3.16. The quantitative estimate of drug-likeness (QED) is 0.688. The SMILES string of the molecule is CCCCOC(=O)N1CC(c2ccc(NC(=O)C3CCN(c4cccnn4)C3)cc2)C1. The van der Waals surface area contributed by atoms with Crippen molar-refractivity contribution in [3.8, 4) is 0 Å². The van der Waals surface area contributed by atoms with Crippen LogP contribution in [0.25, 0.3) is 0 Å². The summed E-state index contributed by atoms with van der Waals surface area (Å²) in [7, 11) is 0. The number of hydrogen-bond acceptors (Lipinski definition) is 6. The van der Waals surface area contributed by atoms with E-state index in [4.69, 9.17) is 4.74 Å². The molecule has 1 aromatic carbocycles. The molecular formula is C23H29N5O3. The molecular weight excluding hydrogens is 394 g/mol. The molecule has 0 aliphatic carbocycles. The zero-order chi connectivity index (χ0) is 21.6. The minimum absolute atomic E-state index is 0.0313. The van der Waals surface area contributed by atoms with Gasteiger partial charge in [0.15, 0.2) is 5.82 Å². The van der Waals surface area contributed by atoms with Gasteiger partial charge in [0, 0.05) is 44.0 Å². The minimum Gasteiger partial charge on any atom is -0.449 e. The highest BCUT2D eigenvalue weighted by Gasteiger charge is 2.33. The van der Waals surface area contributed by atoms with Crippen molar-refractivity contribution in [2.45, 2.75) is 32.1 Å². The third-order valence-corrected chi connectivity index (χ3v) is 5.95. The van der Waals surface area contributed by atoms with Crippen LogP contribution >= 0.6 is 0 Å². The van der Waals surface area contributed by atoms with Crippen molar-refractivity contribution < 1.29 is 14.3 Å². The highest BCUT2D eigenvalue weighted by atomic mass is 16.6. The summed E-state index contributed by atoms with van der Waals surface area (Å²) in [6.45, 7) is 5.36. The lowest BCUT2D eigenvalue weighted by molar-refractivity contribution is -0.119. The molecule has 1 atom stereocenters. The van der Waals surface area contributed by atoms with E-state index in [1.165, 1.54) is 5.56 Å². The van der Waals surface area contributed by atoms with Crippen molar-refractivity contribution in [2.75, 3.05) is 43.0 Å². The molecule has 3 heterocycles. The molecule has 2 aromatic rings. The van der Waals surface area contributed by atoms with Crippen molar-refractivity contribution in [2.24, 2.45) is 5.92 Å². The van der Waals surface area contributed by atoms with E-state index < -0.39 is 0 Å². The van der Waals surface area contributed by atoms with Gasteiger partial charge in [-0.2, -0.15) is 5.10 Å². The van der Waals surface area contributed by atoms with Gasteiger partial charge >= 0.3 is 6.09 Å². The second-order valence-corrected chi connectivity index (χ2v) is 8.19. The van der Waals surface area contributed by atoms with Crippen LogP contribution in [0, 0.1) is 5.92 Å². The fourth-order valence-electron chi connectivity index (χ4n) is 3.96. The molecule has 2 fully saturated rings. The van der Waals surface area contributed by atoms with Crippen LogP contribution in [0.4, 0.5) is 16.3 Å². The zero-order valence-corrected chi connectivity index (χ0v) is 17.9. The summed E-state index contributed by atoms with van der Waals surface area (Å²) in [6.07, 6.45) is 4.14. The lowest BCUT2D eigenvalue weighted by atomic mass is 9.92. The Balaban J connectivity index is 1.23. The summed E-state index contributed by atoms with van der Waals surface area (Å²) >= 11 is 0. The fraction of sp³-hybridized carbons (Fsp3) is 0.478. The molecule has 2 saturated heterocycles. The van der Waals surface area contributed by atoms with Gasteiger partial charge in [-0.25, -0.2) is 4.79 Å². The first kappa shape index (κ1) is 21.1. The van der Waals surface area contributed by atoms with Crippen LogP contribution in [0.5, 0.6) is 0 Å². The number of nitrogens with one attached hydrogen (secondary N) is 1. The number of rotatable bonds is 7. The Morgan fingerprint density at radius 3 is 2.68 bits per heavy atom. The molecule has 0 saturated carbocycles. The monoisotopic (exact) mass is 423 g/mol. The molecule has 2 amide bonds. The second kappa shape index (κ2) is 9.76. The van der Waals surface area contributed by atoms with Crippen LogP contribution < -0.4 is 10.2 Å². The molecule has 2 aliphatic heterocycles. The highest BCUT2D eigenvalue weighted by Crippen LogP contribution is 2.29. The number of ether oxygens (including phenoxy) is 1. The number of benzene rings is 1. The summed E-state index contributed by atoms with van der Waals surface area (Å²) in [5.41, 5.74) is 1.96. The largest absolute Gasteiger partial charge is 0.449 e. The first-order chi connectivity index (χ1) is 15.1. The maximum atomic E-state index is 12.7. The Bertz CT molecular complexity index is 884. The number of nitrogens with zero attached hydrogens (tertiary/aromatic N) is 4. The molecule has 0 radical (unpaired) electrons. The Morgan fingerprint density at radius 1 is 1.16 bits per heavy atom. The molecule has 1 unspecified atom stereocenters. The normalized spacial score (nSPS) is 18.5. The van der Waals surface area contributed by atoms with Gasteiger partial charge in [0.05, 0.1) is 12.5 Å². The number of carbonyl (C=O) groups excluding carboxylic acids is 2. The Morgan fingerprint density at radius 2 is 1.97 bits per heavy atom. The maximum absolute atomic E-state index is 12.7. The van der Waals surface area contributed by atoms with E-state index in [1.807, 2.05) is 36.4 Å². The van der Waals surface area contributed by atoms with Crippen molar-refractivity contribution in [1.29, 1.82) is 0 Å². The summed E-state index contributed by atoms with van der Waals surface area (Å²) in [5.74, 6) is 1.09. The third-order valence-electron chi connectivity index (χ3n) is 5.95. The van der Waals surface area contributed by atoms with E-state index in [9.17, 15) is 9.59 Å². The van der Waals surface area contributed by atoms with E-state index >= 15 is 0 Å². The highest BCUT2D eigenvalue weighted by molar-refractivity contribution is 5.93. The standard InChI is InChI=1S/C23H29N5O3/c1-2-3-13-31-23(30)28-15-19(16-28)17-6-8-20(9-7-17)25-22(29)18-10-12-27(14-18)21-5-4-11-24-26-21/h4-9,11,18-19H,2-3,10,12-16H2,1H3,(H,25,29). The predicted octanol–water partition coefficient (Wildman–Crippen LogP) is 3.28. The summed E-state index contributed by atoms with van der Waals surface area (Å²) in [5, 5.41) is 11.1. The average molecular weight is 424 g/mol. The van der Waals surface area contributed by atoms with Crippen LogP contribution in [0.3, 0.4) is 0 Å². The molecule has 0 bridgehead atoms. The van der Waals surface area contributed by atoms with Gasteiger partial charge in [-0.05, 0) is 42.7 Å². The minimum atomic E-state index is -0.222. The van der Waals surface area contributed by atoms with Crippen LogP contribution in [-0.4, -0.2) is 59.9 Å². The molecule has 4 rings (SSSR count). The van der Waals surface area contributed by atoms with Crippen LogP contribution in [0.2, 0.25) is 0 Å². The molecule has 8 nitrogen and oxygen atoms in total. The number of aromatic nitrogens is 2. The molecule has 1 N–H and O–H groups in total. The molecule has 2 aliphatic rings. The van der Waals surface area contributed by atoms with Gasteiger partial charge in [0.2, 0.25) is 5.91 Å². The maximum Gasteiger partial charge on any atom is 0.409 e. The van der Waals surface area contributed by atoms with E-state index in [-0.39, 0.29) is 17.9 Å². The third kappa shape index (κ3) is 5.13. The van der Waals surface area contributed by atoms with Gasteiger partial charge in [0.25, 0.3) is 0 Å². The predicted molar refractivity (Wildman–Crippen MR) is 118 cm³/mol. The lowest BCUT2D eigenvalue weighted by Gasteiger charge is -2.38. The number of unbranched alkanes of at least 4 members (excludes halogenated alkanes) is 1. The first-order valence-corrected chi connectivity index (χ1v) is 11.0. The van der Waals surface area contributed by atoms with Crippen molar-refractivity contribution >= 4 is 23.5 Å². The smallest absolute Gasteiger partial charge is 0.409 e. The molecule has 1 aromatic heterocycles. The van der Waals surface area contributed by atoms with Crippen LogP contribution in [-0.2, 0) is 9.53 Å². The molecule has 0 spiro atoms. The first-order valence-electron chi connectivity index (χ1n) is 11.0. The van der Waals surface area contributed by atoms with Gasteiger partial charge in [0.1, 0.15) is 0 Å². The topological polar surface area (TPSA) is 87.7 Å². The summed E-state index contributed by atoms with van der Waals surface area (Å²) < 4.78 is 5.25. The van der Waals surface area contributed by atoms with Crippen LogP contribution in [0.15, 0.2) is 42.6 Å². The Kier molecular flexibility index (Phi) is 6.64. The zero-order valence-electron chi connectivity index (χ0n) is 17.9. The Labute approximate surface area is 182 Å². The summed E-state index contributed by atoms with van der Waals surface area (Å²) in [4.78, 5) is 28.4. The number of anilines is 2. The fourth-order valence-corrected chi connectivity index (χ4v) is 3.96. The van der Waals surface area contributed by atoms with Crippen molar-refractivity contribution in [1.82, 2.24) is 15.1 Å². The number of hydrogen-bond donors (Lipinski definition) is 1. The van der Waals surface area contributed by atoms with E-state index in [1.54, 1.807) is 11.1 Å². The van der Waals surface area contributed by atoms with E-state index in [0.717, 1.165) is 37.3 Å². The van der Waals surface area contributed by atoms with Gasteiger partial charge < -0.3 is 19.9 Å². The average Bonchev–Trinajstić information content (AvgIpc) is 3.25. The van der Waals surface area contributed by atoms with E-state index in [0.29, 0.717) is 32.2 Å². The second-order valence-electron chi connectivity index (χ2n) is 8.19. The number of amides is 2. The van der Waals surface area contributed by atoms with Crippen LogP contribution in [0.1, 0.15) is 37.7 Å². The lowest BCUT2D eigenvalue weighted by Crippen LogP contribution is -2.48. The van der Waals surface area contributed by atoms with Gasteiger partial charge in [-0.3, -0.25) is 4.79 Å². The van der Waals surface area contributed by atoms with Crippen molar-refractivity contribution in [3.63, 3.8) is 0 Å². The molecule has 8 heteroatoms.